The van der Waals surface area contributed by atoms with Gasteiger partial charge in [-0.15, -0.1) is 0 Å². The highest BCUT2D eigenvalue weighted by molar-refractivity contribution is 5.93. The van der Waals surface area contributed by atoms with Crippen LogP contribution in [0.4, 0.5) is 17.1 Å². The Hall–Kier alpha value is -5.40. The van der Waals surface area contributed by atoms with Crippen LogP contribution in [0.15, 0.2) is 140 Å². The monoisotopic (exact) mass is 589 g/mol. The number of benzene rings is 6. The fourth-order valence-electron chi connectivity index (χ4n) is 8.13. The predicted octanol–water partition coefficient (Wildman–Crippen LogP) is 12.3. The molecule has 3 aliphatic rings. The Morgan fingerprint density at radius 3 is 1.72 bits per heavy atom. The number of para-hydroxylation sites is 2. The summed E-state index contributed by atoms with van der Waals surface area (Å²) in [6.07, 6.45) is 14.1. The molecule has 0 aromatic heterocycles. The summed E-state index contributed by atoms with van der Waals surface area (Å²) in [5.74, 6) is 0. The molecule has 0 unspecified atom stereocenters. The summed E-state index contributed by atoms with van der Waals surface area (Å²) in [6, 6.07) is 51.3. The van der Waals surface area contributed by atoms with Gasteiger partial charge in [-0.05, 0) is 92.7 Å². The van der Waals surface area contributed by atoms with Crippen molar-refractivity contribution in [2.24, 2.45) is 0 Å². The lowest BCUT2D eigenvalue weighted by molar-refractivity contribution is 0.550. The van der Waals surface area contributed by atoms with Gasteiger partial charge in [0.05, 0.1) is 11.4 Å². The quantitative estimate of drug-likeness (QED) is 0.185. The number of hydrogen-bond acceptors (Lipinski definition) is 1. The zero-order chi connectivity index (χ0) is 30.5. The molecule has 46 heavy (non-hydrogen) atoms. The van der Waals surface area contributed by atoms with Crippen molar-refractivity contribution in [1.29, 1.82) is 0 Å². The van der Waals surface area contributed by atoms with Crippen molar-refractivity contribution >= 4 is 41.4 Å². The normalized spacial score (nSPS) is 15.4. The SMILES string of the molecule is C1=Cc2ccccc2N(c2ccc(-c3ccc(/C=C/c4ccc5c(c4)C4(CCCC4)c4ccccc4-5)cc3)cc2)c2ccccc21. The van der Waals surface area contributed by atoms with Gasteiger partial charge in [0, 0.05) is 11.1 Å². The van der Waals surface area contributed by atoms with Gasteiger partial charge in [0.25, 0.3) is 0 Å². The first kappa shape index (κ1) is 27.0. The maximum atomic E-state index is 2.46. The maximum absolute atomic E-state index is 2.46. The van der Waals surface area contributed by atoms with E-state index < -0.39 is 0 Å². The molecule has 6 aromatic rings. The molecule has 0 amide bonds. The Morgan fingerprint density at radius 1 is 0.478 bits per heavy atom. The highest BCUT2D eigenvalue weighted by Crippen LogP contribution is 2.57. The Bertz CT molecular complexity index is 2090. The Balaban J connectivity index is 0.969. The van der Waals surface area contributed by atoms with Crippen LogP contribution in [0.5, 0.6) is 0 Å². The molecule has 1 fully saturated rings. The van der Waals surface area contributed by atoms with E-state index in [0.717, 1.165) is 5.69 Å². The van der Waals surface area contributed by atoms with Crippen molar-refractivity contribution in [2.75, 3.05) is 4.90 Å². The number of hydrogen-bond donors (Lipinski definition) is 0. The standard InChI is InChI=1S/C45H35N/c1-5-13-43-36(9-1)22-23-37-10-2-6-14-44(37)46(43)38-26-24-35(25-27-38)34-20-17-32(18-21-34)15-16-33-19-28-40-39-11-3-4-12-41(39)45(42(40)31-33)29-7-8-30-45/h1-6,9-28,31H,7-8,29-30H2/b16-15+. The van der Waals surface area contributed by atoms with Gasteiger partial charge in [-0.2, -0.15) is 0 Å². The first-order valence-electron chi connectivity index (χ1n) is 16.6. The van der Waals surface area contributed by atoms with Crippen molar-refractivity contribution in [3.63, 3.8) is 0 Å². The van der Waals surface area contributed by atoms with Crippen LogP contribution >= 0.6 is 0 Å². The molecule has 9 rings (SSSR count). The molecule has 6 aromatic carbocycles. The summed E-state index contributed by atoms with van der Waals surface area (Å²) in [6.45, 7) is 0. The molecule has 2 aliphatic carbocycles. The van der Waals surface area contributed by atoms with Crippen LogP contribution in [0.2, 0.25) is 0 Å². The van der Waals surface area contributed by atoms with Crippen LogP contribution < -0.4 is 4.90 Å². The summed E-state index contributed by atoms with van der Waals surface area (Å²) < 4.78 is 0. The van der Waals surface area contributed by atoms with Gasteiger partial charge >= 0.3 is 0 Å². The third-order valence-corrected chi connectivity index (χ3v) is 10.4. The minimum atomic E-state index is 0.212. The van der Waals surface area contributed by atoms with Crippen molar-refractivity contribution in [3.05, 3.63) is 173 Å². The van der Waals surface area contributed by atoms with Crippen LogP contribution in [0, 0.1) is 0 Å². The Kier molecular flexibility index (Phi) is 6.38. The molecular weight excluding hydrogens is 555 g/mol. The second kappa shape index (κ2) is 10.9. The van der Waals surface area contributed by atoms with Gasteiger partial charge in [0.1, 0.15) is 0 Å². The van der Waals surface area contributed by atoms with E-state index in [9.17, 15) is 0 Å². The molecule has 0 N–H and O–H groups in total. The maximum Gasteiger partial charge on any atom is 0.0534 e. The predicted molar refractivity (Wildman–Crippen MR) is 196 cm³/mol. The first-order valence-corrected chi connectivity index (χ1v) is 16.6. The van der Waals surface area contributed by atoms with E-state index in [1.54, 1.807) is 5.56 Å². The van der Waals surface area contributed by atoms with E-state index in [2.05, 4.69) is 169 Å². The molecule has 0 saturated heterocycles. The molecular formula is C45H35N. The average Bonchev–Trinajstić information content (AvgIpc) is 3.67. The smallest absolute Gasteiger partial charge is 0.0534 e. The molecule has 1 aliphatic heterocycles. The minimum Gasteiger partial charge on any atom is -0.309 e. The summed E-state index contributed by atoms with van der Waals surface area (Å²) in [5, 5.41) is 0. The first-order chi connectivity index (χ1) is 22.8. The Morgan fingerprint density at radius 2 is 1.02 bits per heavy atom. The molecule has 0 atom stereocenters. The third-order valence-electron chi connectivity index (χ3n) is 10.4. The zero-order valence-electron chi connectivity index (χ0n) is 25.9. The van der Waals surface area contributed by atoms with E-state index in [1.165, 1.54) is 87.1 Å². The molecule has 1 saturated carbocycles. The Labute approximate surface area is 271 Å². The fourth-order valence-corrected chi connectivity index (χ4v) is 8.13. The molecule has 1 spiro atoms. The van der Waals surface area contributed by atoms with Crippen LogP contribution in [0.1, 0.15) is 59.1 Å². The molecule has 1 nitrogen and oxygen atoms in total. The number of fused-ring (bicyclic) bond motifs is 7. The summed E-state index contributed by atoms with van der Waals surface area (Å²) >= 11 is 0. The van der Waals surface area contributed by atoms with Gasteiger partial charge in [-0.3, -0.25) is 0 Å². The second-order valence-corrected chi connectivity index (χ2v) is 12.9. The summed E-state index contributed by atoms with van der Waals surface area (Å²) in [7, 11) is 0. The molecule has 0 radical (unpaired) electrons. The third kappa shape index (κ3) is 4.38. The minimum absolute atomic E-state index is 0.212. The van der Waals surface area contributed by atoms with E-state index in [-0.39, 0.29) is 5.41 Å². The van der Waals surface area contributed by atoms with Crippen LogP contribution in [0.25, 0.3) is 46.6 Å². The fraction of sp³-hybridized carbons (Fsp3) is 0.111. The highest BCUT2D eigenvalue weighted by Gasteiger charge is 2.44. The molecule has 1 heterocycles. The number of rotatable bonds is 4. The molecule has 0 bridgehead atoms. The highest BCUT2D eigenvalue weighted by atomic mass is 15.1. The van der Waals surface area contributed by atoms with Gasteiger partial charge < -0.3 is 4.90 Å². The van der Waals surface area contributed by atoms with Crippen LogP contribution in [0.3, 0.4) is 0 Å². The number of nitrogens with zero attached hydrogens (tertiary/aromatic N) is 1. The van der Waals surface area contributed by atoms with E-state index in [0.29, 0.717) is 0 Å². The van der Waals surface area contributed by atoms with Gasteiger partial charge in [-0.1, -0.05) is 152 Å². The van der Waals surface area contributed by atoms with Crippen LogP contribution in [-0.2, 0) is 5.41 Å². The summed E-state index contributed by atoms with van der Waals surface area (Å²) in [4.78, 5) is 2.37. The summed E-state index contributed by atoms with van der Waals surface area (Å²) in [5.41, 5.74) is 17.1. The lowest BCUT2D eigenvalue weighted by atomic mass is 9.76. The van der Waals surface area contributed by atoms with E-state index in [4.69, 9.17) is 0 Å². The van der Waals surface area contributed by atoms with Crippen molar-refractivity contribution in [3.8, 4) is 22.3 Å². The molecule has 1 heteroatoms. The lowest BCUT2D eigenvalue weighted by Crippen LogP contribution is -2.20. The van der Waals surface area contributed by atoms with E-state index >= 15 is 0 Å². The molecule has 220 valence electrons. The average molecular weight is 590 g/mol. The van der Waals surface area contributed by atoms with Crippen molar-refractivity contribution in [1.82, 2.24) is 0 Å². The van der Waals surface area contributed by atoms with Crippen molar-refractivity contribution < 1.29 is 0 Å². The number of anilines is 3. The van der Waals surface area contributed by atoms with Crippen LogP contribution in [-0.4, -0.2) is 0 Å². The van der Waals surface area contributed by atoms with E-state index in [1.807, 2.05) is 0 Å². The van der Waals surface area contributed by atoms with Crippen molar-refractivity contribution in [2.45, 2.75) is 31.1 Å². The van der Waals surface area contributed by atoms with Gasteiger partial charge in [0.2, 0.25) is 0 Å². The lowest BCUT2D eigenvalue weighted by Gasteiger charge is -2.27. The zero-order valence-corrected chi connectivity index (χ0v) is 25.9. The largest absolute Gasteiger partial charge is 0.309 e. The van der Waals surface area contributed by atoms with Gasteiger partial charge in [-0.25, -0.2) is 0 Å². The topological polar surface area (TPSA) is 3.24 Å². The van der Waals surface area contributed by atoms with Gasteiger partial charge in [0.15, 0.2) is 0 Å². The second-order valence-electron chi connectivity index (χ2n) is 12.9.